The Morgan fingerprint density at radius 2 is 0.727 bits per heavy atom. The molecule has 0 heterocycles. The second kappa shape index (κ2) is 9.10. The van der Waals surface area contributed by atoms with E-state index >= 15 is 0 Å². The topological polar surface area (TPSA) is 17.1 Å². The third-order valence-corrected chi connectivity index (χ3v) is 6.32. The van der Waals surface area contributed by atoms with Gasteiger partial charge in [0.2, 0.25) is 0 Å². The van der Waals surface area contributed by atoms with Crippen molar-refractivity contribution >= 4 is 6.29 Å². The molecule has 5 aromatic carbocycles. The standard InChI is InChI=1S/C32H24O/c33-24-25-16-18-26(19-17-25)27-20-22-31(23-21-27)32(28-10-4-1-5-11-28,29-12-6-2-7-13-29)30-14-8-3-9-15-30/h1-24H. The molecule has 0 saturated heterocycles. The number of aldehydes is 1. The van der Waals surface area contributed by atoms with Gasteiger partial charge in [0.05, 0.1) is 5.41 Å². The average molecular weight is 425 g/mol. The van der Waals surface area contributed by atoms with Gasteiger partial charge in [-0.25, -0.2) is 0 Å². The molecule has 1 heteroatoms. The molecule has 5 aromatic rings. The fourth-order valence-corrected chi connectivity index (χ4v) is 4.73. The second-order valence-electron chi connectivity index (χ2n) is 8.17. The van der Waals surface area contributed by atoms with Gasteiger partial charge >= 0.3 is 0 Å². The Hall–Kier alpha value is -4.23. The predicted molar refractivity (Wildman–Crippen MR) is 136 cm³/mol. The van der Waals surface area contributed by atoms with E-state index in [1.165, 1.54) is 22.3 Å². The van der Waals surface area contributed by atoms with Crippen molar-refractivity contribution < 1.29 is 4.79 Å². The van der Waals surface area contributed by atoms with Crippen LogP contribution in [-0.2, 0) is 5.41 Å². The van der Waals surface area contributed by atoms with E-state index in [0.717, 1.165) is 17.4 Å². The van der Waals surface area contributed by atoms with Crippen LogP contribution in [0.4, 0.5) is 0 Å². The van der Waals surface area contributed by atoms with E-state index in [2.05, 4.69) is 115 Å². The number of hydrogen-bond acceptors (Lipinski definition) is 1. The number of carbonyl (C=O) groups is 1. The maximum atomic E-state index is 11.0. The fourth-order valence-electron chi connectivity index (χ4n) is 4.73. The second-order valence-corrected chi connectivity index (χ2v) is 8.17. The Balaban J connectivity index is 1.73. The molecule has 0 radical (unpaired) electrons. The van der Waals surface area contributed by atoms with Gasteiger partial charge in [-0.15, -0.1) is 0 Å². The largest absolute Gasteiger partial charge is 0.298 e. The Bertz CT molecular complexity index is 1220. The molecule has 158 valence electrons. The lowest BCUT2D eigenvalue weighted by atomic mass is 9.65. The van der Waals surface area contributed by atoms with Crippen LogP contribution in [-0.4, -0.2) is 6.29 Å². The Kier molecular flexibility index (Phi) is 5.70. The van der Waals surface area contributed by atoms with E-state index in [0.29, 0.717) is 5.56 Å². The van der Waals surface area contributed by atoms with Gasteiger partial charge < -0.3 is 0 Å². The van der Waals surface area contributed by atoms with Crippen LogP contribution in [0.5, 0.6) is 0 Å². The minimum Gasteiger partial charge on any atom is -0.298 e. The van der Waals surface area contributed by atoms with Gasteiger partial charge in [-0.05, 0) is 33.4 Å². The number of benzene rings is 5. The van der Waals surface area contributed by atoms with Crippen molar-refractivity contribution in [1.82, 2.24) is 0 Å². The first-order valence-electron chi connectivity index (χ1n) is 11.1. The molecule has 0 spiro atoms. The molecule has 0 unspecified atom stereocenters. The lowest BCUT2D eigenvalue weighted by molar-refractivity contribution is 0.112. The van der Waals surface area contributed by atoms with Crippen LogP contribution in [0.1, 0.15) is 32.6 Å². The van der Waals surface area contributed by atoms with E-state index in [9.17, 15) is 4.79 Å². The van der Waals surface area contributed by atoms with Crippen LogP contribution in [0.3, 0.4) is 0 Å². The molecule has 0 aliphatic heterocycles. The SMILES string of the molecule is O=Cc1ccc(-c2ccc(C(c3ccccc3)(c3ccccc3)c3ccccc3)cc2)cc1. The highest BCUT2D eigenvalue weighted by Crippen LogP contribution is 2.45. The highest BCUT2D eigenvalue weighted by molar-refractivity contribution is 5.77. The summed E-state index contributed by atoms with van der Waals surface area (Å²) in [4.78, 5) is 11.0. The Morgan fingerprint density at radius 1 is 0.394 bits per heavy atom. The summed E-state index contributed by atoms with van der Waals surface area (Å²) in [6.07, 6.45) is 0.876. The summed E-state index contributed by atoms with van der Waals surface area (Å²) < 4.78 is 0. The van der Waals surface area contributed by atoms with Crippen LogP contribution in [0.2, 0.25) is 0 Å². The minimum atomic E-state index is -0.441. The molecule has 0 bridgehead atoms. The molecule has 0 amide bonds. The number of carbonyl (C=O) groups excluding carboxylic acids is 1. The van der Waals surface area contributed by atoms with Crippen LogP contribution in [0, 0.1) is 0 Å². The average Bonchev–Trinajstić information content (AvgIpc) is 2.91. The van der Waals surface area contributed by atoms with Gasteiger partial charge in [-0.2, -0.15) is 0 Å². The predicted octanol–water partition coefficient (Wildman–Crippen LogP) is 7.55. The number of hydrogen-bond donors (Lipinski definition) is 0. The molecule has 0 aliphatic rings. The van der Waals surface area contributed by atoms with Gasteiger partial charge in [0.25, 0.3) is 0 Å². The molecule has 0 aliphatic carbocycles. The zero-order valence-electron chi connectivity index (χ0n) is 18.3. The highest BCUT2D eigenvalue weighted by atomic mass is 16.1. The van der Waals surface area contributed by atoms with Crippen LogP contribution < -0.4 is 0 Å². The molecule has 0 saturated carbocycles. The lowest BCUT2D eigenvalue weighted by Gasteiger charge is -2.37. The van der Waals surface area contributed by atoms with Crippen molar-refractivity contribution in [2.24, 2.45) is 0 Å². The quantitative estimate of drug-likeness (QED) is 0.203. The smallest absolute Gasteiger partial charge is 0.150 e. The van der Waals surface area contributed by atoms with E-state index in [4.69, 9.17) is 0 Å². The first kappa shape index (κ1) is 20.7. The summed E-state index contributed by atoms with van der Waals surface area (Å²) >= 11 is 0. The molecule has 5 rings (SSSR count). The van der Waals surface area contributed by atoms with Crippen LogP contribution >= 0.6 is 0 Å². The molecule has 0 aromatic heterocycles. The molecule has 33 heavy (non-hydrogen) atoms. The lowest BCUT2D eigenvalue weighted by Crippen LogP contribution is -2.30. The summed E-state index contributed by atoms with van der Waals surface area (Å²) in [5, 5.41) is 0. The van der Waals surface area contributed by atoms with E-state index in [-0.39, 0.29) is 0 Å². The van der Waals surface area contributed by atoms with Gasteiger partial charge in [-0.1, -0.05) is 140 Å². The third kappa shape index (κ3) is 3.79. The van der Waals surface area contributed by atoms with Crippen LogP contribution in [0.25, 0.3) is 11.1 Å². The first-order valence-corrected chi connectivity index (χ1v) is 11.1. The van der Waals surface area contributed by atoms with Crippen molar-refractivity contribution in [2.45, 2.75) is 5.41 Å². The maximum absolute atomic E-state index is 11.0. The zero-order chi connectivity index (χ0) is 22.5. The summed E-state index contributed by atoms with van der Waals surface area (Å²) in [6.45, 7) is 0. The van der Waals surface area contributed by atoms with Gasteiger partial charge in [0.1, 0.15) is 6.29 Å². The van der Waals surface area contributed by atoms with Gasteiger partial charge in [0.15, 0.2) is 0 Å². The van der Waals surface area contributed by atoms with Crippen molar-refractivity contribution in [3.8, 4) is 11.1 Å². The summed E-state index contributed by atoms with van der Waals surface area (Å²) in [5.41, 5.74) is 7.35. The minimum absolute atomic E-state index is 0.441. The van der Waals surface area contributed by atoms with Gasteiger partial charge in [-0.3, -0.25) is 4.79 Å². The molecule has 1 nitrogen and oxygen atoms in total. The summed E-state index contributed by atoms with van der Waals surface area (Å²) in [5.74, 6) is 0. The molecular formula is C32H24O. The fraction of sp³-hybridized carbons (Fsp3) is 0.0312. The monoisotopic (exact) mass is 424 g/mol. The van der Waals surface area contributed by atoms with Crippen molar-refractivity contribution in [3.05, 3.63) is 167 Å². The summed E-state index contributed by atoms with van der Waals surface area (Å²) in [6, 6.07) is 48.7. The Labute approximate surface area is 195 Å². The first-order chi connectivity index (χ1) is 16.3. The molecule has 0 N–H and O–H groups in total. The summed E-state index contributed by atoms with van der Waals surface area (Å²) in [7, 11) is 0. The zero-order valence-corrected chi connectivity index (χ0v) is 18.3. The van der Waals surface area contributed by atoms with Crippen molar-refractivity contribution in [2.75, 3.05) is 0 Å². The van der Waals surface area contributed by atoms with Crippen molar-refractivity contribution in [3.63, 3.8) is 0 Å². The molecule has 0 fully saturated rings. The number of rotatable bonds is 6. The normalized spacial score (nSPS) is 11.2. The molecular weight excluding hydrogens is 400 g/mol. The van der Waals surface area contributed by atoms with E-state index < -0.39 is 5.41 Å². The highest BCUT2D eigenvalue weighted by Gasteiger charge is 2.38. The van der Waals surface area contributed by atoms with Gasteiger partial charge in [0, 0.05) is 5.56 Å². The third-order valence-electron chi connectivity index (χ3n) is 6.32. The maximum Gasteiger partial charge on any atom is 0.150 e. The Morgan fingerprint density at radius 3 is 1.09 bits per heavy atom. The molecule has 0 atom stereocenters. The van der Waals surface area contributed by atoms with Crippen LogP contribution in [0.15, 0.2) is 140 Å². The van der Waals surface area contributed by atoms with Crippen molar-refractivity contribution in [1.29, 1.82) is 0 Å². The van der Waals surface area contributed by atoms with E-state index in [1.54, 1.807) is 0 Å². The van der Waals surface area contributed by atoms with E-state index in [1.807, 2.05) is 24.3 Å².